The summed E-state index contributed by atoms with van der Waals surface area (Å²) in [6.07, 6.45) is 5.13. The minimum atomic E-state index is 0.168. The Hall–Kier alpha value is -1.55. The van der Waals surface area contributed by atoms with E-state index in [1.807, 2.05) is 31.3 Å². The quantitative estimate of drug-likeness (QED) is 0.841. The van der Waals surface area contributed by atoms with Gasteiger partial charge in [0.25, 0.3) is 0 Å². The van der Waals surface area contributed by atoms with Crippen molar-refractivity contribution in [2.24, 2.45) is 0 Å². The molecule has 0 spiro atoms. The zero-order valence-electron chi connectivity index (χ0n) is 12.2. The summed E-state index contributed by atoms with van der Waals surface area (Å²) in [6, 6.07) is 7.67. The lowest BCUT2D eigenvalue weighted by molar-refractivity contribution is -0.131. The first-order chi connectivity index (χ1) is 9.65. The van der Waals surface area contributed by atoms with Crippen molar-refractivity contribution in [2.45, 2.75) is 44.8 Å². The van der Waals surface area contributed by atoms with E-state index in [9.17, 15) is 4.79 Å². The first kappa shape index (κ1) is 14.9. The van der Waals surface area contributed by atoms with Crippen molar-refractivity contribution in [1.82, 2.24) is 4.90 Å². The summed E-state index contributed by atoms with van der Waals surface area (Å²) in [7, 11) is 1.84. The van der Waals surface area contributed by atoms with Crippen LogP contribution in [0.1, 0.15) is 37.7 Å². The molecule has 0 saturated carbocycles. The molecule has 0 aromatic heterocycles. The summed E-state index contributed by atoms with van der Waals surface area (Å²) >= 11 is 0. The van der Waals surface area contributed by atoms with Crippen molar-refractivity contribution in [3.63, 3.8) is 0 Å². The second-order valence-electron chi connectivity index (χ2n) is 5.52. The predicted molar refractivity (Wildman–Crippen MR) is 80.2 cm³/mol. The van der Waals surface area contributed by atoms with Crippen LogP contribution in [0.4, 0.5) is 5.69 Å². The van der Waals surface area contributed by atoms with E-state index >= 15 is 0 Å². The molecule has 1 amide bonds. The van der Waals surface area contributed by atoms with E-state index < -0.39 is 0 Å². The Labute approximate surface area is 120 Å². The Bertz CT molecular complexity index is 442. The summed E-state index contributed by atoms with van der Waals surface area (Å²) in [5.41, 5.74) is 7.55. The number of nitrogens with zero attached hydrogens (tertiary/aromatic N) is 1. The molecule has 1 unspecified atom stereocenters. The van der Waals surface area contributed by atoms with Gasteiger partial charge < -0.3 is 15.4 Å². The van der Waals surface area contributed by atoms with Crippen molar-refractivity contribution in [1.29, 1.82) is 0 Å². The summed E-state index contributed by atoms with van der Waals surface area (Å²) in [4.78, 5) is 13.9. The third-order valence-electron chi connectivity index (χ3n) is 3.75. The van der Waals surface area contributed by atoms with Gasteiger partial charge in [0.15, 0.2) is 0 Å². The molecular weight excluding hydrogens is 252 g/mol. The second-order valence-corrected chi connectivity index (χ2v) is 5.52. The van der Waals surface area contributed by atoms with Crippen molar-refractivity contribution in [3.8, 4) is 0 Å². The van der Waals surface area contributed by atoms with E-state index in [1.54, 1.807) is 4.90 Å². The number of carbonyl (C=O) groups excluding carboxylic acids is 1. The van der Waals surface area contributed by atoms with Crippen LogP contribution in [0, 0.1) is 0 Å². The Morgan fingerprint density at radius 2 is 2.30 bits per heavy atom. The average molecular weight is 276 g/mol. The fourth-order valence-corrected chi connectivity index (χ4v) is 2.56. The van der Waals surface area contributed by atoms with Gasteiger partial charge in [-0.15, -0.1) is 0 Å². The van der Waals surface area contributed by atoms with E-state index in [0.717, 1.165) is 37.1 Å². The van der Waals surface area contributed by atoms with Crippen LogP contribution in [0.2, 0.25) is 0 Å². The molecule has 4 heteroatoms. The van der Waals surface area contributed by atoms with Crippen LogP contribution >= 0.6 is 0 Å². The van der Waals surface area contributed by atoms with Gasteiger partial charge in [0.2, 0.25) is 5.91 Å². The molecule has 20 heavy (non-hydrogen) atoms. The largest absolute Gasteiger partial charge is 0.399 e. The minimum Gasteiger partial charge on any atom is -0.399 e. The number of benzene rings is 1. The zero-order valence-corrected chi connectivity index (χ0v) is 12.2. The molecule has 110 valence electrons. The fourth-order valence-electron chi connectivity index (χ4n) is 2.56. The van der Waals surface area contributed by atoms with Crippen molar-refractivity contribution in [2.75, 3.05) is 19.4 Å². The highest BCUT2D eigenvalue weighted by Crippen LogP contribution is 2.18. The van der Waals surface area contributed by atoms with Gasteiger partial charge in [-0.25, -0.2) is 0 Å². The number of carbonyl (C=O) groups is 1. The molecule has 1 atom stereocenters. The standard InChI is InChI=1S/C16H24N2O2/c1-18(12-13-5-4-6-14(17)11-13)16(19)9-8-15-7-2-3-10-20-15/h4-6,11,15H,2-3,7-10,12,17H2,1H3. The molecule has 1 aromatic rings. The molecule has 0 radical (unpaired) electrons. The molecule has 1 aromatic carbocycles. The number of anilines is 1. The Kier molecular flexibility index (Phi) is 5.41. The first-order valence-corrected chi connectivity index (χ1v) is 7.35. The zero-order chi connectivity index (χ0) is 14.4. The van der Waals surface area contributed by atoms with Gasteiger partial charge >= 0.3 is 0 Å². The van der Waals surface area contributed by atoms with E-state index in [4.69, 9.17) is 10.5 Å². The van der Waals surface area contributed by atoms with E-state index in [1.165, 1.54) is 6.42 Å². The fraction of sp³-hybridized carbons (Fsp3) is 0.562. The predicted octanol–water partition coefficient (Wildman–Crippen LogP) is 2.58. The van der Waals surface area contributed by atoms with Crippen LogP contribution in [0.25, 0.3) is 0 Å². The molecule has 2 N–H and O–H groups in total. The van der Waals surface area contributed by atoms with Gasteiger partial charge in [0.05, 0.1) is 6.10 Å². The van der Waals surface area contributed by atoms with Crippen LogP contribution in [-0.4, -0.2) is 30.6 Å². The van der Waals surface area contributed by atoms with Crippen LogP contribution < -0.4 is 5.73 Å². The summed E-state index contributed by atoms with van der Waals surface area (Å²) in [5, 5.41) is 0. The number of hydrogen-bond donors (Lipinski definition) is 1. The summed E-state index contributed by atoms with van der Waals surface area (Å²) < 4.78 is 5.65. The van der Waals surface area contributed by atoms with Crippen molar-refractivity contribution >= 4 is 11.6 Å². The third kappa shape index (κ3) is 4.53. The molecular formula is C16H24N2O2. The highest BCUT2D eigenvalue weighted by Gasteiger charge is 2.17. The van der Waals surface area contributed by atoms with Crippen LogP contribution in [0.3, 0.4) is 0 Å². The number of rotatable bonds is 5. The SMILES string of the molecule is CN(Cc1cccc(N)c1)C(=O)CCC1CCCCO1. The molecule has 0 bridgehead atoms. The molecule has 1 aliphatic heterocycles. The number of amides is 1. The molecule has 0 aliphatic carbocycles. The number of ether oxygens (including phenoxy) is 1. The second kappa shape index (κ2) is 7.29. The van der Waals surface area contributed by atoms with E-state index in [-0.39, 0.29) is 12.0 Å². The Balaban J connectivity index is 1.76. The average Bonchev–Trinajstić information content (AvgIpc) is 2.46. The number of nitrogens with two attached hydrogens (primary N) is 1. The van der Waals surface area contributed by atoms with Crippen LogP contribution in [0.15, 0.2) is 24.3 Å². The smallest absolute Gasteiger partial charge is 0.222 e. The van der Waals surface area contributed by atoms with Gasteiger partial charge in [-0.05, 0) is 43.4 Å². The first-order valence-electron chi connectivity index (χ1n) is 7.35. The molecule has 4 nitrogen and oxygen atoms in total. The van der Waals surface area contributed by atoms with Crippen molar-refractivity contribution < 1.29 is 9.53 Å². The Morgan fingerprint density at radius 3 is 3.00 bits per heavy atom. The van der Waals surface area contributed by atoms with Gasteiger partial charge in [0, 0.05) is 32.3 Å². The molecule has 1 saturated heterocycles. The summed E-state index contributed by atoms with van der Waals surface area (Å²) in [5.74, 6) is 0.168. The molecule has 1 aliphatic rings. The Morgan fingerprint density at radius 1 is 1.45 bits per heavy atom. The monoisotopic (exact) mass is 276 g/mol. The molecule has 1 heterocycles. The normalized spacial score (nSPS) is 18.8. The van der Waals surface area contributed by atoms with Gasteiger partial charge in [0.1, 0.15) is 0 Å². The lowest BCUT2D eigenvalue weighted by Crippen LogP contribution is -2.28. The van der Waals surface area contributed by atoms with Gasteiger partial charge in [-0.2, -0.15) is 0 Å². The lowest BCUT2D eigenvalue weighted by Gasteiger charge is -2.23. The number of hydrogen-bond acceptors (Lipinski definition) is 3. The number of nitrogen functional groups attached to an aromatic ring is 1. The van der Waals surface area contributed by atoms with Crippen LogP contribution in [0.5, 0.6) is 0 Å². The highest BCUT2D eigenvalue weighted by molar-refractivity contribution is 5.75. The van der Waals surface area contributed by atoms with Crippen molar-refractivity contribution in [3.05, 3.63) is 29.8 Å². The summed E-state index contributed by atoms with van der Waals surface area (Å²) in [6.45, 7) is 1.45. The third-order valence-corrected chi connectivity index (χ3v) is 3.75. The maximum Gasteiger partial charge on any atom is 0.222 e. The van der Waals surface area contributed by atoms with Gasteiger partial charge in [-0.3, -0.25) is 4.79 Å². The lowest BCUT2D eigenvalue weighted by atomic mass is 10.0. The van der Waals surface area contributed by atoms with E-state index in [2.05, 4.69) is 0 Å². The topological polar surface area (TPSA) is 55.6 Å². The maximum atomic E-state index is 12.1. The van der Waals surface area contributed by atoms with E-state index in [0.29, 0.717) is 13.0 Å². The molecule has 2 rings (SSSR count). The van der Waals surface area contributed by atoms with Gasteiger partial charge in [-0.1, -0.05) is 12.1 Å². The minimum absolute atomic E-state index is 0.168. The van der Waals surface area contributed by atoms with Crippen LogP contribution in [-0.2, 0) is 16.1 Å². The maximum absolute atomic E-state index is 12.1. The molecule has 1 fully saturated rings. The highest BCUT2D eigenvalue weighted by atomic mass is 16.5.